The van der Waals surface area contributed by atoms with Gasteiger partial charge in [-0.25, -0.2) is 9.78 Å². The van der Waals surface area contributed by atoms with Crippen molar-refractivity contribution in [3.8, 4) is 11.3 Å². The lowest BCUT2D eigenvalue weighted by Gasteiger charge is -2.12. The van der Waals surface area contributed by atoms with Crippen molar-refractivity contribution in [2.75, 3.05) is 0 Å². The number of H-pyrrole nitrogens is 2. The van der Waals surface area contributed by atoms with E-state index in [2.05, 4.69) is 20.3 Å². The fourth-order valence-electron chi connectivity index (χ4n) is 3.21. The molecule has 0 bridgehead atoms. The summed E-state index contributed by atoms with van der Waals surface area (Å²) in [5.41, 5.74) is 3.83. The summed E-state index contributed by atoms with van der Waals surface area (Å²) in [5, 5.41) is 2.92. The third-order valence-electron chi connectivity index (χ3n) is 4.65. The predicted molar refractivity (Wildman–Crippen MR) is 111 cm³/mol. The van der Waals surface area contributed by atoms with Gasteiger partial charge in [-0.05, 0) is 45.7 Å². The number of benzene rings is 1. The first-order valence-corrected chi connectivity index (χ1v) is 9.59. The SMILES string of the molecule is Cc1[nH]c(C(=O)NC(C)c2ncc(-c3ccccc3)[nH]2)c(C)c1C(=O)OC(C)C. The van der Waals surface area contributed by atoms with E-state index in [4.69, 9.17) is 4.74 Å². The summed E-state index contributed by atoms with van der Waals surface area (Å²) in [5.74, 6) is -0.0891. The molecular formula is C22H26N4O3. The highest BCUT2D eigenvalue weighted by molar-refractivity contribution is 6.00. The Bertz CT molecular complexity index is 1020. The molecule has 0 aliphatic heterocycles. The number of amides is 1. The third-order valence-corrected chi connectivity index (χ3v) is 4.65. The number of esters is 1. The number of nitrogens with zero attached hydrogens (tertiary/aromatic N) is 1. The maximum absolute atomic E-state index is 12.8. The van der Waals surface area contributed by atoms with Gasteiger partial charge >= 0.3 is 5.97 Å². The van der Waals surface area contributed by atoms with E-state index in [0.29, 0.717) is 28.3 Å². The van der Waals surface area contributed by atoms with Crippen molar-refractivity contribution < 1.29 is 14.3 Å². The van der Waals surface area contributed by atoms with Crippen LogP contribution in [0.3, 0.4) is 0 Å². The van der Waals surface area contributed by atoms with Crippen molar-refractivity contribution in [3.05, 3.63) is 64.9 Å². The number of nitrogens with one attached hydrogen (secondary N) is 3. The van der Waals surface area contributed by atoms with Gasteiger partial charge in [-0.3, -0.25) is 4.79 Å². The molecule has 7 heteroatoms. The number of rotatable bonds is 6. The monoisotopic (exact) mass is 394 g/mol. The predicted octanol–water partition coefficient (Wildman–Crippen LogP) is 4.08. The second kappa shape index (κ2) is 8.34. The molecule has 0 radical (unpaired) electrons. The number of aromatic amines is 2. The quantitative estimate of drug-likeness (QED) is 0.549. The number of hydrogen-bond acceptors (Lipinski definition) is 4. The average molecular weight is 394 g/mol. The Morgan fingerprint density at radius 2 is 1.76 bits per heavy atom. The Morgan fingerprint density at radius 1 is 1.07 bits per heavy atom. The molecule has 3 N–H and O–H groups in total. The fraction of sp³-hybridized carbons (Fsp3) is 0.318. The topological polar surface area (TPSA) is 99.9 Å². The second-order valence-electron chi connectivity index (χ2n) is 7.32. The van der Waals surface area contributed by atoms with Crippen molar-refractivity contribution in [1.29, 1.82) is 0 Å². The highest BCUT2D eigenvalue weighted by Gasteiger charge is 2.25. The summed E-state index contributed by atoms with van der Waals surface area (Å²) in [7, 11) is 0. The van der Waals surface area contributed by atoms with Crippen LogP contribution in [-0.4, -0.2) is 32.9 Å². The van der Waals surface area contributed by atoms with Crippen LogP contribution in [0, 0.1) is 13.8 Å². The van der Waals surface area contributed by atoms with Crippen LogP contribution in [0.2, 0.25) is 0 Å². The van der Waals surface area contributed by atoms with Crippen LogP contribution >= 0.6 is 0 Å². The Hall–Kier alpha value is -3.35. The van der Waals surface area contributed by atoms with E-state index in [1.807, 2.05) is 37.3 Å². The van der Waals surface area contributed by atoms with Crippen molar-refractivity contribution >= 4 is 11.9 Å². The molecule has 29 heavy (non-hydrogen) atoms. The van der Waals surface area contributed by atoms with Crippen LogP contribution < -0.4 is 5.32 Å². The number of aromatic nitrogens is 3. The lowest BCUT2D eigenvalue weighted by Crippen LogP contribution is -2.28. The van der Waals surface area contributed by atoms with Gasteiger partial charge in [0, 0.05) is 5.69 Å². The summed E-state index contributed by atoms with van der Waals surface area (Å²) < 4.78 is 5.28. The van der Waals surface area contributed by atoms with Crippen LogP contribution in [0.5, 0.6) is 0 Å². The van der Waals surface area contributed by atoms with E-state index in [9.17, 15) is 9.59 Å². The van der Waals surface area contributed by atoms with E-state index in [-0.39, 0.29) is 18.1 Å². The zero-order chi connectivity index (χ0) is 21.1. The average Bonchev–Trinajstić information content (AvgIpc) is 3.27. The highest BCUT2D eigenvalue weighted by Crippen LogP contribution is 2.22. The second-order valence-corrected chi connectivity index (χ2v) is 7.32. The Balaban J connectivity index is 1.75. The number of ether oxygens (including phenoxy) is 1. The summed E-state index contributed by atoms with van der Waals surface area (Å²) in [4.78, 5) is 35.8. The molecule has 0 spiro atoms. The minimum absolute atomic E-state index is 0.230. The minimum Gasteiger partial charge on any atom is -0.459 e. The Kier molecular flexibility index (Phi) is 5.87. The first-order chi connectivity index (χ1) is 13.8. The largest absolute Gasteiger partial charge is 0.459 e. The van der Waals surface area contributed by atoms with Crippen molar-refractivity contribution in [1.82, 2.24) is 20.3 Å². The number of imidazole rings is 1. The fourth-order valence-corrected chi connectivity index (χ4v) is 3.21. The lowest BCUT2D eigenvalue weighted by molar-refractivity contribution is 0.0376. The van der Waals surface area contributed by atoms with Crippen LogP contribution in [0.25, 0.3) is 11.3 Å². The molecule has 1 atom stereocenters. The van der Waals surface area contributed by atoms with E-state index >= 15 is 0 Å². The molecule has 0 saturated heterocycles. The number of carbonyl (C=O) groups excluding carboxylic acids is 2. The van der Waals surface area contributed by atoms with Gasteiger partial charge in [0.25, 0.3) is 5.91 Å². The van der Waals surface area contributed by atoms with Crippen LogP contribution in [0.15, 0.2) is 36.5 Å². The van der Waals surface area contributed by atoms with Gasteiger partial charge in [0.1, 0.15) is 11.5 Å². The molecule has 3 rings (SSSR count). The van der Waals surface area contributed by atoms with E-state index in [1.165, 1.54) is 0 Å². The zero-order valence-corrected chi connectivity index (χ0v) is 17.3. The van der Waals surface area contributed by atoms with E-state index in [1.54, 1.807) is 33.9 Å². The molecule has 0 fully saturated rings. The Morgan fingerprint density at radius 3 is 2.41 bits per heavy atom. The van der Waals surface area contributed by atoms with Gasteiger partial charge in [-0.1, -0.05) is 30.3 Å². The molecule has 3 aromatic rings. The molecule has 7 nitrogen and oxygen atoms in total. The molecule has 0 saturated carbocycles. The lowest BCUT2D eigenvalue weighted by atomic mass is 10.1. The zero-order valence-electron chi connectivity index (χ0n) is 17.3. The van der Waals surface area contributed by atoms with Gasteiger partial charge in [-0.2, -0.15) is 0 Å². The van der Waals surface area contributed by atoms with Crippen LogP contribution in [0.1, 0.15) is 64.7 Å². The van der Waals surface area contributed by atoms with Gasteiger partial charge in [0.2, 0.25) is 0 Å². The summed E-state index contributed by atoms with van der Waals surface area (Å²) in [6, 6.07) is 9.51. The molecule has 2 heterocycles. The van der Waals surface area contributed by atoms with E-state index < -0.39 is 5.97 Å². The minimum atomic E-state index is -0.433. The highest BCUT2D eigenvalue weighted by atomic mass is 16.5. The molecule has 2 aromatic heterocycles. The maximum Gasteiger partial charge on any atom is 0.340 e. The normalized spacial score (nSPS) is 12.1. The van der Waals surface area contributed by atoms with Gasteiger partial charge in [0.05, 0.1) is 29.6 Å². The standard InChI is InChI=1S/C22H26N4O3/c1-12(2)29-22(28)18-13(3)19(24-14(18)4)21(27)25-15(5)20-23-11-17(26-20)16-9-7-6-8-10-16/h6-12,15,24H,1-5H3,(H,23,26)(H,25,27). The van der Waals surface area contributed by atoms with E-state index in [0.717, 1.165) is 11.3 Å². The molecule has 1 amide bonds. The van der Waals surface area contributed by atoms with Gasteiger partial charge in [-0.15, -0.1) is 0 Å². The number of hydrogen-bond donors (Lipinski definition) is 3. The molecule has 1 unspecified atom stereocenters. The molecule has 152 valence electrons. The number of carbonyl (C=O) groups is 2. The van der Waals surface area contributed by atoms with Crippen molar-refractivity contribution in [3.63, 3.8) is 0 Å². The van der Waals surface area contributed by atoms with Crippen molar-refractivity contribution in [2.24, 2.45) is 0 Å². The first-order valence-electron chi connectivity index (χ1n) is 9.59. The first kappa shape index (κ1) is 20.4. The molecule has 0 aliphatic rings. The van der Waals surface area contributed by atoms with Gasteiger partial charge in [0.15, 0.2) is 0 Å². The molecule has 1 aromatic carbocycles. The van der Waals surface area contributed by atoms with Gasteiger partial charge < -0.3 is 20.0 Å². The Labute approximate surface area is 169 Å². The summed E-state index contributed by atoms with van der Waals surface area (Å²) in [6.07, 6.45) is 1.52. The third kappa shape index (κ3) is 4.39. The smallest absolute Gasteiger partial charge is 0.340 e. The van der Waals surface area contributed by atoms with Crippen molar-refractivity contribution in [2.45, 2.75) is 46.8 Å². The maximum atomic E-state index is 12.8. The molecule has 0 aliphatic carbocycles. The summed E-state index contributed by atoms with van der Waals surface area (Å²) >= 11 is 0. The van der Waals surface area contributed by atoms with Crippen LogP contribution in [-0.2, 0) is 4.74 Å². The molecular weight excluding hydrogens is 368 g/mol. The number of aryl methyl sites for hydroxylation is 1. The van der Waals surface area contributed by atoms with Crippen LogP contribution in [0.4, 0.5) is 0 Å². The summed E-state index contributed by atoms with van der Waals surface area (Å²) in [6.45, 7) is 8.92.